The third kappa shape index (κ3) is 2.26. The molecule has 0 unspecified atom stereocenters. The van der Waals surface area contributed by atoms with Gasteiger partial charge in [0.1, 0.15) is 0 Å². The van der Waals surface area contributed by atoms with Crippen LogP contribution in [-0.2, 0) is 20.2 Å². The molecule has 0 saturated heterocycles. The van der Waals surface area contributed by atoms with E-state index in [0.29, 0.717) is 24.1 Å². The Bertz CT molecular complexity index is 561. The van der Waals surface area contributed by atoms with Gasteiger partial charge in [0, 0.05) is 0 Å². The van der Waals surface area contributed by atoms with Crippen molar-refractivity contribution in [3.8, 4) is 0 Å². The second-order valence-corrected chi connectivity index (χ2v) is 6.06. The van der Waals surface area contributed by atoms with Crippen LogP contribution in [-0.4, -0.2) is 25.7 Å². The summed E-state index contributed by atoms with van der Waals surface area (Å²) in [5.74, 6) is -0.903. The molecule has 0 bridgehead atoms. The fourth-order valence-corrected chi connectivity index (χ4v) is 2.49. The van der Waals surface area contributed by atoms with Gasteiger partial charge in [-0.2, -0.15) is 0 Å². The van der Waals surface area contributed by atoms with E-state index in [1.54, 1.807) is 24.3 Å². The van der Waals surface area contributed by atoms with E-state index in [0.717, 1.165) is 6.26 Å². The van der Waals surface area contributed by atoms with Crippen molar-refractivity contribution < 1.29 is 18.3 Å². The number of nitrogens with one attached hydrogen (secondary N) is 1. The van der Waals surface area contributed by atoms with Gasteiger partial charge in [-0.1, -0.05) is 18.2 Å². The summed E-state index contributed by atoms with van der Waals surface area (Å²) in [6.45, 7) is 0. The van der Waals surface area contributed by atoms with Gasteiger partial charge < -0.3 is 5.11 Å². The summed E-state index contributed by atoms with van der Waals surface area (Å²) in [5.41, 5.74) is -0.0123. The lowest BCUT2D eigenvalue weighted by molar-refractivity contribution is -0.140. The first-order valence-electron chi connectivity index (χ1n) is 5.16. The molecule has 1 aromatic carbocycles. The molecule has 5 nitrogen and oxygen atoms in total. The molecule has 6 heteroatoms. The van der Waals surface area contributed by atoms with Crippen molar-refractivity contribution in [1.29, 1.82) is 0 Å². The lowest BCUT2D eigenvalue weighted by atomic mass is 9.95. The van der Waals surface area contributed by atoms with Crippen LogP contribution < -0.4 is 4.72 Å². The Hall–Kier alpha value is -1.56. The van der Waals surface area contributed by atoms with Gasteiger partial charge in [-0.25, -0.2) is 8.42 Å². The quantitative estimate of drug-likeness (QED) is 0.846. The summed E-state index contributed by atoms with van der Waals surface area (Å²) in [4.78, 5) is 11.2. The number of sulfonamides is 1. The number of aliphatic carboxylic acids is 1. The number of anilines is 1. The van der Waals surface area contributed by atoms with E-state index in [2.05, 4.69) is 4.72 Å². The Kier molecular flexibility index (Phi) is 2.61. The van der Waals surface area contributed by atoms with Crippen molar-refractivity contribution in [2.75, 3.05) is 11.0 Å². The highest BCUT2D eigenvalue weighted by molar-refractivity contribution is 7.92. The molecule has 1 aromatic rings. The van der Waals surface area contributed by atoms with Crippen molar-refractivity contribution in [2.45, 2.75) is 18.3 Å². The van der Waals surface area contributed by atoms with Crippen LogP contribution in [0.4, 0.5) is 5.69 Å². The van der Waals surface area contributed by atoms with Crippen molar-refractivity contribution in [3.63, 3.8) is 0 Å². The molecule has 2 N–H and O–H groups in total. The molecular formula is C11H13NO4S. The molecule has 92 valence electrons. The van der Waals surface area contributed by atoms with Gasteiger partial charge >= 0.3 is 5.97 Å². The van der Waals surface area contributed by atoms with Crippen LogP contribution in [0.25, 0.3) is 0 Å². The second-order valence-electron chi connectivity index (χ2n) is 4.31. The number of carboxylic acids is 1. The molecule has 0 aliphatic heterocycles. The Labute approximate surface area is 99.5 Å². The maximum absolute atomic E-state index is 11.2. The summed E-state index contributed by atoms with van der Waals surface area (Å²) in [6.07, 6.45) is 2.14. The topological polar surface area (TPSA) is 83.5 Å². The zero-order valence-electron chi connectivity index (χ0n) is 9.30. The van der Waals surface area contributed by atoms with Crippen LogP contribution in [0, 0.1) is 0 Å². The van der Waals surface area contributed by atoms with E-state index < -0.39 is 21.4 Å². The molecule has 1 fully saturated rings. The first-order valence-corrected chi connectivity index (χ1v) is 7.05. The number of hydrogen-bond donors (Lipinski definition) is 2. The predicted octanol–water partition coefficient (Wildman–Crippen LogP) is 1.17. The second kappa shape index (κ2) is 3.73. The predicted molar refractivity (Wildman–Crippen MR) is 63.5 cm³/mol. The van der Waals surface area contributed by atoms with Crippen LogP contribution in [0.15, 0.2) is 24.3 Å². The summed E-state index contributed by atoms with van der Waals surface area (Å²) in [5, 5.41) is 9.20. The van der Waals surface area contributed by atoms with Crippen LogP contribution in [0.3, 0.4) is 0 Å². The highest BCUT2D eigenvalue weighted by atomic mass is 32.2. The van der Waals surface area contributed by atoms with E-state index >= 15 is 0 Å². The fraction of sp³-hybridized carbons (Fsp3) is 0.364. The van der Waals surface area contributed by atoms with E-state index in [1.807, 2.05) is 0 Å². The van der Waals surface area contributed by atoms with Gasteiger partial charge in [-0.15, -0.1) is 0 Å². The van der Waals surface area contributed by atoms with Gasteiger partial charge in [0.15, 0.2) is 0 Å². The third-order valence-electron chi connectivity index (χ3n) is 2.90. The van der Waals surface area contributed by atoms with Crippen LogP contribution >= 0.6 is 0 Å². The summed E-state index contributed by atoms with van der Waals surface area (Å²) in [7, 11) is -3.40. The molecule has 0 atom stereocenters. The lowest BCUT2D eigenvalue weighted by Crippen LogP contribution is -2.22. The minimum atomic E-state index is -3.40. The van der Waals surface area contributed by atoms with Crippen molar-refractivity contribution in [2.24, 2.45) is 0 Å². The van der Waals surface area contributed by atoms with E-state index in [1.165, 1.54) is 0 Å². The lowest BCUT2D eigenvalue weighted by Gasteiger charge is -2.15. The molecule has 0 aromatic heterocycles. The molecule has 0 heterocycles. The SMILES string of the molecule is CS(=O)(=O)Nc1ccccc1C1(C(=O)O)CC1. The molecule has 0 radical (unpaired) electrons. The number of carboxylic acid groups (broad SMARTS) is 1. The molecule has 2 rings (SSSR count). The molecule has 1 aliphatic rings. The minimum Gasteiger partial charge on any atom is -0.481 e. The van der Waals surface area contributed by atoms with Crippen LogP contribution in [0.1, 0.15) is 18.4 Å². The molecule has 1 aliphatic carbocycles. The van der Waals surface area contributed by atoms with Gasteiger partial charge in [-0.3, -0.25) is 9.52 Å². The normalized spacial score (nSPS) is 17.5. The smallest absolute Gasteiger partial charge is 0.314 e. The van der Waals surface area contributed by atoms with Gasteiger partial charge in [0.05, 0.1) is 17.4 Å². The van der Waals surface area contributed by atoms with Gasteiger partial charge in [0.25, 0.3) is 0 Å². The zero-order chi connectivity index (χ0) is 12.7. The van der Waals surface area contributed by atoms with Crippen molar-refractivity contribution in [1.82, 2.24) is 0 Å². The number of hydrogen-bond acceptors (Lipinski definition) is 3. The molecule has 0 amide bonds. The molecule has 1 saturated carbocycles. The Morgan fingerprint density at radius 2 is 1.94 bits per heavy atom. The van der Waals surface area contributed by atoms with Gasteiger partial charge in [0.2, 0.25) is 10.0 Å². The first kappa shape index (κ1) is 11.9. The maximum atomic E-state index is 11.2. The Balaban J connectivity index is 2.45. The molecule has 17 heavy (non-hydrogen) atoms. The van der Waals surface area contributed by atoms with Crippen LogP contribution in [0.5, 0.6) is 0 Å². The first-order chi connectivity index (χ1) is 7.85. The average Bonchev–Trinajstić information content (AvgIpc) is 2.96. The molecule has 0 spiro atoms. The van der Waals surface area contributed by atoms with Crippen molar-refractivity contribution in [3.05, 3.63) is 29.8 Å². The average molecular weight is 255 g/mol. The highest BCUT2D eigenvalue weighted by Crippen LogP contribution is 2.50. The summed E-state index contributed by atoms with van der Waals surface area (Å²) < 4.78 is 24.8. The van der Waals surface area contributed by atoms with Gasteiger partial charge in [-0.05, 0) is 24.5 Å². The summed E-state index contributed by atoms with van der Waals surface area (Å²) in [6, 6.07) is 6.63. The fourth-order valence-electron chi connectivity index (χ4n) is 1.91. The number of carbonyl (C=O) groups is 1. The van der Waals surface area contributed by atoms with E-state index in [9.17, 15) is 18.3 Å². The maximum Gasteiger partial charge on any atom is 0.314 e. The Morgan fingerprint density at radius 1 is 1.35 bits per heavy atom. The van der Waals surface area contributed by atoms with Crippen molar-refractivity contribution >= 4 is 21.7 Å². The standard InChI is InChI=1S/C11H13NO4S/c1-17(15,16)12-9-5-3-2-4-8(9)11(6-7-11)10(13)14/h2-5,12H,6-7H2,1H3,(H,13,14). The summed E-state index contributed by atoms with van der Waals surface area (Å²) >= 11 is 0. The zero-order valence-corrected chi connectivity index (χ0v) is 10.1. The van der Waals surface area contributed by atoms with E-state index in [-0.39, 0.29) is 0 Å². The molecular weight excluding hydrogens is 242 g/mol. The number of benzene rings is 1. The number of para-hydroxylation sites is 1. The largest absolute Gasteiger partial charge is 0.481 e. The van der Waals surface area contributed by atoms with E-state index in [4.69, 9.17) is 0 Å². The number of rotatable bonds is 4. The highest BCUT2D eigenvalue weighted by Gasteiger charge is 2.53. The monoisotopic (exact) mass is 255 g/mol. The third-order valence-corrected chi connectivity index (χ3v) is 3.49. The van der Waals surface area contributed by atoms with Crippen LogP contribution in [0.2, 0.25) is 0 Å². The minimum absolute atomic E-state index is 0.356. The Morgan fingerprint density at radius 3 is 2.41 bits per heavy atom.